The van der Waals surface area contributed by atoms with Crippen LogP contribution in [0.25, 0.3) is 22.2 Å². The highest BCUT2D eigenvalue weighted by molar-refractivity contribution is 6.09. The molecule has 4 aromatic rings. The molecule has 0 aliphatic carbocycles. The Kier molecular flexibility index (Phi) is 8.82. The monoisotopic (exact) mass is 562 g/mol. The molecule has 2 aliphatic rings. The molecule has 3 aromatic carbocycles. The number of carbonyl (C=O) groups excluding carboxylic acids is 1. The Bertz CT molecular complexity index is 1490. The molecule has 218 valence electrons. The molecule has 0 saturated carbocycles. The normalized spacial score (nSPS) is 17.7. The Morgan fingerprint density at radius 3 is 2.31 bits per heavy atom. The summed E-state index contributed by atoms with van der Waals surface area (Å²) in [6.45, 7) is 7.27. The van der Waals surface area contributed by atoms with Crippen LogP contribution in [-0.2, 0) is 6.54 Å². The van der Waals surface area contributed by atoms with E-state index in [4.69, 9.17) is 9.72 Å². The lowest BCUT2D eigenvalue weighted by Crippen LogP contribution is -2.46. The maximum Gasteiger partial charge on any atom is 0.252 e. The van der Waals surface area contributed by atoms with E-state index < -0.39 is 0 Å². The molecule has 1 aromatic heterocycles. The molecule has 3 heterocycles. The number of fused-ring (bicyclic) bond motifs is 1. The summed E-state index contributed by atoms with van der Waals surface area (Å²) in [7, 11) is 1.68. The van der Waals surface area contributed by atoms with Gasteiger partial charge in [0.05, 0.1) is 29.9 Å². The Morgan fingerprint density at radius 1 is 0.905 bits per heavy atom. The van der Waals surface area contributed by atoms with Crippen molar-refractivity contribution in [2.24, 2.45) is 0 Å². The second-order valence-electron chi connectivity index (χ2n) is 11.8. The number of amides is 1. The van der Waals surface area contributed by atoms with Crippen LogP contribution in [0.1, 0.15) is 66.6 Å². The molecule has 0 radical (unpaired) electrons. The number of benzene rings is 3. The largest absolute Gasteiger partial charge is 0.497 e. The van der Waals surface area contributed by atoms with Crippen molar-refractivity contribution in [3.63, 3.8) is 0 Å². The molecule has 6 heteroatoms. The van der Waals surface area contributed by atoms with Gasteiger partial charge in [0.15, 0.2) is 0 Å². The number of pyridine rings is 1. The van der Waals surface area contributed by atoms with Crippen molar-refractivity contribution in [3.8, 4) is 17.0 Å². The van der Waals surface area contributed by atoms with Gasteiger partial charge in [0.2, 0.25) is 0 Å². The molecule has 0 spiro atoms. The van der Waals surface area contributed by atoms with E-state index in [1.807, 2.05) is 61.5 Å². The van der Waals surface area contributed by atoms with Crippen molar-refractivity contribution in [1.82, 2.24) is 20.1 Å². The lowest BCUT2D eigenvalue weighted by Gasteiger charge is -2.40. The highest BCUT2D eigenvalue weighted by atomic mass is 16.5. The topological polar surface area (TPSA) is 57.7 Å². The molecule has 0 bridgehead atoms. The maximum atomic E-state index is 14.3. The lowest BCUT2D eigenvalue weighted by atomic mass is 9.94. The van der Waals surface area contributed by atoms with Gasteiger partial charge in [-0.15, -0.1) is 0 Å². The number of rotatable bonds is 8. The summed E-state index contributed by atoms with van der Waals surface area (Å²) >= 11 is 0. The Labute approximate surface area is 249 Å². The number of nitrogens with one attached hydrogen (secondary N) is 1. The Hall–Kier alpha value is -3.74. The summed E-state index contributed by atoms with van der Waals surface area (Å²) in [4.78, 5) is 24.7. The van der Waals surface area contributed by atoms with Crippen molar-refractivity contribution < 1.29 is 9.53 Å². The fourth-order valence-corrected chi connectivity index (χ4v) is 6.70. The third-order valence-electron chi connectivity index (χ3n) is 9.08. The van der Waals surface area contributed by atoms with E-state index in [1.54, 1.807) is 7.11 Å². The zero-order valence-corrected chi connectivity index (χ0v) is 24.9. The summed E-state index contributed by atoms with van der Waals surface area (Å²) in [6.07, 6.45) is 6.37. The molecule has 2 saturated heterocycles. The first-order valence-corrected chi connectivity index (χ1v) is 15.5. The van der Waals surface area contributed by atoms with Crippen molar-refractivity contribution in [2.75, 3.05) is 33.3 Å². The number of ether oxygens (including phenoxy) is 1. The number of para-hydroxylation sites is 1. The number of piperidine rings is 2. The molecular weight excluding hydrogens is 520 g/mol. The fourth-order valence-electron chi connectivity index (χ4n) is 6.70. The average molecular weight is 563 g/mol. The number of nitrogens with zero attached hydrogens (tertiary/aromatic N) is 3. The first kappa shape index (κ1) is 28.4. The SMILES string of the molecule is COc1ccc(-c2nc3ccccc3c(C(=O)N[C@@H](C)c3ccccc3)c2CN2CCC(N3CCCCC3)CC2)cc1. The van der Waals surface area contributed by atoms with E-state index in [2.05, 4.69) is 39.4 Å². The van der Waals surface area contributed by atoms with Crippen molar-refractivity contribution in [3.05, 3.63) is 95.6 Å². The van der Waals surface area contributed by atoms with Crippen LogP contribution in [0.3, 0.4) is 0 Å². The van der Waals surface area contributed by atoms with E-state index in [0.29, 0.717) is 12.6 Å². The van der Waals surface area contributed by atoms with E-state index in [1.165, 1.54) is 45.2 Å². The molecule has 6 rings (SSSR count). The van der Waals surface area contributed by atoms with E-state index in [9.17, 15) is 4.79 Å². The number of carbonyl (C=O) groups is 1. The lowest BCUT2D eigenvalue weighted by molar-refractivity contribution is 0.0884. The summed E-state index contributed by atoms with van der Waals surface area (Å²) < 4.78 is 5.44. The number of hydrogen-bond acceptors (Lipinski definition) is 5. The predicted octanol–water partition coefficient (Wildman–Crippen LogP) is 6.85. The van der Waals surface area contributed by atoms with E-state index in [0.717, 1.165) is 57.7 Å². The number of methoxy groups -OCH3 is 1. The second-order valence-corrected chi connectivity index (χ2v) is 11.8. The smallest absolute Gasteiger partial charge is 0.252 e. The fraction of sp³-hybridized carbons (Fsp3) is 0.389. The minimum Gasteiger partial charge on any atom is -0.497 e. The van der Waals surface area contributed by atoms with E-state index >= 15 is 0 Å². The minimum absolute atomic E-state index is 0.0575. The third kappa shape index (κ3) is 6.20. The third-order valence-corrected chi connectivity index (χ3v) is 9.08. The maximum absolute atomic E-state index is 14.3. The van der Waals surface area contributed by atoms with Gasteiger partial charge in [-0.2, -0.15) is 0 Å². The van der Waals surface area contributed by atoms with Gasteiger partial charge < -0.3 is 15.0 Å². The highest BCUT2D eigenvalue weighted by Gasteiger charge is 2.29. The molecule has 6 nitrogen and oxygen atoms in total. The second kappa shape index (κ2) is 13.1. The van der Waals surface area contributed by atoms with E-state index in [-0.39, 0.29) is 11.9 Å². The molecular formula is C36H42N4O2. The van der Waals surface area contributed by atoms with Gasteiger partial charge in [0.25, 0.3) is 5.91 Å². The van der Waals surface area contributed by atoms with Crippen LogP contribution in [0.15, 0.2) is 78.9 Å². The number of hydrogen-bond donors (Lipinski definition) is 1. The van der Waals surface area contributed by atoms with Crippen LogP contribution in [-0.4, -0.2) is 60.0 Å². The molecule has 2 aliphatic heterocycles. The van der Waals surface area contributed by atoms with Crippen LogP contribution in [0.2, 0.25) is 0 Å². The number of aromatic nitrogens is 1. The molecule has 1 atom stereocenters. The van der Waals surface area contributed by atoms with Gasteiger partial charge in [-0.25, -0.2) is 4.98 Å². The van der Waals surface area contributed by atoms with Crippen LogP contribution in [0.4, 0.5) is 0 Å². The summed E-state index contributed by atoms with van der Waals surface area (Å²) in [5.74, 6) is 0.744. The van der Waals surface area contributed by atoms with Crippen molar-refractivity contribution >= 4 is 16.8 Å². The van der Waals surface area contributed by atoms with Crippen LogP contribution in [0.5, 0.6) is 5.75 Å². The molecule has 42 heavy (non-hydrogen) atoms. The quantitative estimate of drug-likeness (QED) is 0.255. The molecule has 1 N–H and O–H groups in total. The van der Waals surface area contributed by atoms with Crippen LogP contribution >= 0.6 is 0 Å². The van der Waals surface area contributed by atoms with Gasteiger partial charge in [-0.05, 0) is 94.7 Å². The first-order valence-electron chi connectivity index (χ1n) is 15.5. The first-order chi connectivity index (χ1) is 20.6. The van der Waals surface area contributed by atoms with Gasteiger partial charge in [-0.3, -0.25) is 9.69 Å². The van der Waals surface area contributed by atoms with Crippen molar-refractivity contribution in [2.45, 2.75) is 57.7 Å². The van der Waals surface area contributed by atoms with Crippen LogP contribution in [0, 0.1) is 0 Å². The number of likely N-dealkylation sites (tertiary alicyclic amines) is 2. The standard InChI is InChI=1S/C36H42N4O2/c1-26(27-11-5-3-6-12-27)37-36(41)34-31-13-7-8-14-33(31)38-35(28-15-17-30(42-2)18-16-28)32(34)25-39-23-19-29(20-24-39)40-21-9-4-10-22-40/h3,5-8,11-18,26,29H,4,9-10,19-25H2,1-2H3,(H,37,41)/t26-/m0/s1. The van der Waals surface area contributed by atoms with Gasteiger partial charge in [-0.1, -0.05) is 55.0 Å². The zero-order valence-electron chi connectivity index (χ0n) is 24.9. The van der Waals surface area contributed by atoms with Crippen LogP contribution < -0.4 is 10.1 Å². The Morgan fingerprint density at radius 2 is 1.60 bits per heavy atom. The summed E-state index contributed by atoms with van der Waals surface area (Å²) in [5.41, 5.74) is 5.49. The summed E-state index contributed by atoms with van der Waals surface area (Å²) in [5, 5.41) is 4.21. The minimum atomic E-state index is -0.122. The highest BCUT2D eigenvalue weighted by Crippen LogP contribution is 2.34. The molecule has 1 amide bonds. The molecule has 0 unspecified atom stereocenters. The molecule has 2 fully saturated rings. The zero-order chi connectivity index (χ0) is 28.9. The Balaban J connectivity index is 1.37. The van der Waals surface area contributed by atoms with Gasteiger partial charge >= 0.3 is 0 Å². The average Bonchev–Trinajstić information content (AvgIpc) is 3.05. The predicted molar refractivity (Wildman–Crippen MR) is 170 cm³/mol. The summed E-state index contributed by atoms with van der Waals surface area (Å²) in [6, 6.07) is 26.8. The van der Waals surface area contributed by atoms with Crippen molar-refractivity contribution in [1.29, 1.82) is 0 Å². The van der Waals surface area contributed by atoms with Gasteiger partial charge in [0.1, 0.15) is 5.75 Å². The van der Waals surface area contributed by atoms with Gasteiger partial charge in [0, 0.05) is 29.1 Å².